The van der Waals surface area contributed by atoms with Gasteiger partial charge in [-0.2, -0.15) is 0 Å². The summed E-state index contributed by atoms with van der Waals surface area (Å²) in [5.74, 6) is -1.30. The number of hydrogen-bond donors (Lipinski definition) is 2. The summed E-state index contributed by atoms with van der Waals surface area (Å²) in [5.41, 5.74) is 0. The molecule has 0 aromatic rings. The largest absolute Gasteiger partial charge is 0.481 e. The lowest BCUT2D eigenvalue weighted by Crippen LogP contribution is -1.93. The Morgan fingerprint density at radius 3 is 0.262 bits per heavy atom. The van der Waals surface area contributed by atoms with Gasteiger partial charge in [0.05, 0.1) is 0 Å². The fourth-order valence-electron chi connectivity index (χ4n) is 10.3. The molecule has 0 aliphatic carbocycles. The van der Waals surface area contributed by atoms with Crippen LogP contribution in [-0.4, -0.2) is 22.2 Å². The minimum atomic E-state index is -0.648. The number of rotatable bonds is 60. The molecule has 0 radical (unpaired) electrons. The Balaban J connectivity index is 3.07. The number of carboxylic acid groups (broad SMARTS) is 2. The molecule has 4 nitrogen and oxygen atoms in total. The first-order chi connectivity index (χ1) is 32.1. The Morgan fingerprint density at radius 2 is 0.200 bits per heavy atom. The van der Waals surface area contributed by atoms with Crippen molar-refractivity contribution in [3.63, 3.8) is 0 Å². The lowest BCUT2D eigenvalue weighted by molar-refractivity contribution is -0.138. The highest BCUT2D eigenvalue weighted by atomic mass is 16.4. The lowest BCUT2D eigenvalue weighted by atomic mass is 10.0. The molecule has 0 unspecified atom stereocenters. The van der Waals surface area contributed by atoms with Crippen LogP contribution >= 0.6 is 0 Å². The second-order valence-corrected chi connectivity index (χ2v) is 21.4. The molecule has 0 aliphatic heterocycles. The van der Waals surface area contributed by atoms with Gasteiger partial charge >= 0.3 is 11.9 Å². The lowest BCUT2D eigenvalue weighted by Gasteiger charge is -2.05. The van der Waals surface area contributed by atoms with Crippen LogP contribution in [0.25, 0.3) is 0 Å². The smallest absolute Gasteiger partial charge is 0.303 e. The van der Waals surface area contributed by atoms with E-state index in [1.165, 1.54) is 340 Å². The molecule has 388 valence electrons. The van der Waals surface area contributed by atoms with E-state index in [0.29, 0.717) is 12.8 Å². The molecule has 0 aromatic carbocycles. The Kier molecular flexibility index (Phi) is 58.1. The van der Waals surface area contributed by atoms with Gasteiger partial charge in [0.25, 0.3) is 0 Å². The van der Waals surface area contributed by atoms with Gasteiger partial charge in [0.15, 0.2) is 0 Å². The fourth-order valence-corrected chi connectivity index (χ4v) is 10.3. The number of aliphatic carboxylic acids is 2. The summed E-state index contributed by atoms with van der Waals surface area (Å²) < 4.78 is 0. The minimum absolute atomic E-state index is 0.344. The molecule has 0 atom stereocenters. The topological polar surface area (TPSA) is 74.6 Å². The summed E-state index contributed by atoms with van der Waals surface area (Å²) in [6.45, 7) is 0. The molecule has 2 N–H and O–H groups in total. The zero-order valence-corrected chi connectivity index (χ0v) is 44.4. The molecule has 0 amide bonds. The fraction of sp³-hybridized carbons (Fsp3) is 0.967. The highest BCUT2D eigenvalue weighted by Crippen LogP contribution is 2.20. The average Bonchev–Trinajstić information content (AvgIpc) is 3.29. The van der Waals surface area contributed by atoms with Crippen molar-refractivity contribution in [3.8, 4) is 0 Å². The minimum Gasteiger partial charge on any atom is -0.481 e. The maximum atomic E-state index is 10.5. The van der Waals surface area contributed by atoms with Crippen molar-refractivity contribution in [3.05, 3.63) is 0 Å². The van der Waals surface area contributed by atoms with Gasteiger partial charge < -0.3 is 10.2 Å². The third-order valence-electron chi connectivity index (χ3n) is 14.8. The first-order valence-electron chi connectivity index (χ1n) is 30.6. The third-order valence-corrected chi connectivity index (χ3v) is 14.8. The first kappa shape index (κ1) is 63.9. The molecule has 0 rings (SSSR count). The Morgan fingerprint density at radius 1 is 0.138 bits per heavy atom. The van der Waals surface area contributed by atoms with Crippen LogP contribution in [0, 0.1) is 0 Å². The van der Waals surface area contributed by atoms with Gasteiger partial charge in [0, 0.05) is 12.8 Å². The zero-order valence-electron chi connectivity index (χ0n) is 44.4. The highest BCUT2D eigenvalue weighted by Gasteiger charge is 2.01. The zero-order chi connectivity index (χ0) is 46.9. The summed E-state index contributed by atoms with van der Waals surface area (Å²) in [5, 5.41) is 17.4. The van der Waals surface area contributed by atoms with Crippen LogP contribution in [0.1, 0.15) is 379 Å². The molecule has 0 fully saturated rings. The summed E-state index contributed by atoms with van der Waals surface area (Å²) in [6, 6.07) is 0. The van der Waals surface area contributed by atoms with Crippen molar-refractivity contribution >= 4 is 11.9 Å². The van der Waals surface area contributed by atoms with Gasteiger partial charge in [-0.3, -0.25) is 9.59 Å². The third kappa shape index (κ3) is 62.9. The van der Waals surface area contributed by atoms with E-state index in [-0.39, 0.29) is 0 Å². The van der Waals surface area contributed by atoms with Crippen LogP contribution < -0.4 is 0 Å². The molecule has 0 saturated heterocycles. The monoisotopic (exact) mass is 917 g/mol. The van der Waals surface area contributed by atoms with Crippen molar-refractivity contribution in [1.82, 2.24) is 0 Å². The second-order valence-electron chi connectivity index (χ2n) is 21.4. The molecule has 0 heterocycles. The second kappa shape index (κ2) is 59.1. The van der Waals surface area contributed by atoms with E-state index in [0.717, 1.165) is 25.7 Å². The average molecular weight is 918 g/mol. The van der Waals surface area contributed by atoms with Crippen molar-refractivity contribution in [2.45, 2.75) is 379 Å². The Hall–Kier alpha value is -1.06. The number of unbranched alkanes of at least 4 members (excludes halogenated alkanes) is 56. The van der Waals surface area contributed by atoms with E-state index in [1.54, 1.807) is 0 Å². The molecular formula is C61H120O4. The number of hydrogen-bond acceptors (Lipinski definition) is 2. The number of carboxylic acids is 2. The van der Waals surface area contributed by atoms with E-state index >= 15 is 0 Å². The number of carbonyl (C=O) groups is 2. The predicted octanol–water partition coefficient (Wildman–Crippen LogP) is 22.2. The van der Waals surface area contributed by atoms with Gasteiger partial charge in [-0.1, -0.05) is 353 Å². The molecule has 0 aromatic heterocycles. The van der Waals surface area contributed by atoms with Crippen LogP contribution in [0.3, 0.4) is 0 Å². The molecule has 0 aliphatic rings. The first-order valence-corrected chi connectivity index (χ1v) is 30.6. The Labute approximate surface area is 409 Å². The summed E-state index contributed by atoms with van der Waals surface area (Å²) >= 11 is 0. The quantitative estimate of drug-likeness (QED) is 0.0596. The Bertz CT molecular complexity index is 817. The maximum absolute atomic E-state index is 10.5. The standard InChI is InChI=1S/C61H120O4/c62-60(63)58-56-54-52-50-48-46-44-42-40-38-36-34-32-30-28-26-24-22-20-18-16-14-12-10-8-6-4-2-1-3-5-7-9-11-13-15-17-19-21-23-25-27-29-31-33-35-37-39-41-43-45-47-49-51-53-55-57-59-61(64)65/h1-59H2,(H,62,63)(H,64,65). The van der Waals surface area contributed by atoms with E-state index in [1.807, 2.05) is 0 Å². The normalized spacial score (nSPS) is 11.6. The van der Waals surface area contributed by atoms with E-state index < -0.39 is 11.9 Å². The van der Waals surface area contributed by atoms with Crippen LogP contribution in [0.5, 0.6) is 0 Å². The van der Waals surface area contributed by atoms with Crippen LogP contribution in [0.4, 0.5) is 0 Å². The van der Waals surface area contributed by atoms with Crippen LogP contribution in [-0.2, 0) is 9.59 Å². The molecule has 65 heavy (non-hydrogen) atoms. The van der Waals surface area contributed by atoms with E-state index in [4.69, 9.17) is 10.2 Å². The predicted molar refractivity (Wildman–Crippen MR) is 288 cm³/mol. The van der Waals surface area contributed by atoms with Gasteiger partial charge in [-0.15, -0.1) is 0 Å². The van der Waals surface area contributed by atoms with Crippen LogP contribution in [0.2, 0.25) is 0 Å². The van der Waals surface area contributed by atoms with Gasteiger partial charge in [-0.25, -0.2) is 0 Å². The molecular weight excluding hydrogens is 797 g/mol. The molecule has 0 saturated carbocycles. The molecule has 0 bridgehead atoms. The van der Waals surface area contributed by atoms with Crippen molar-refractivity contribution in [1.29, 1.82) is 0 Å². The van der Waals surface area contributed by atoms with E-state index in [9.17, 15) is 9.59 Å². The van der Waals surface area contributed by atoms with Crippen molar-refractivity contribution < 1.29 is 19.8 Å². The van der Waals surface area contributed by atoms with Crippen molar-refractivity contribution in [2.24, 2.45) is 0 Å². The molecule has 4 heteroatoms. The SMILES string of the molecule is O=C(O)CCCCCCCCCCCCCCCCCCCCCCCCCCCCCCCCCCCCCCCCCCCCCCCCCCCCCCCCCCCC(=O)O. The maximum Gasteiger partial charge on any atom is 0.303 e. The highest BCUT2D eigenvalue weighted by molar-refractivity contribution is 5.66. The van der Waals surface area contributed by atoms with Crippen molar-refractivity contribution in [2.75, 3.05) is 0 Å². The summed E-state index contributed by atoms with van der Waals surface area (Å²) in [7, 11) is 0. The molecule has 0 spiro atoms. The summed E-state index contributed by atoms with van der Waals surface area (Å²) in [6.07, 6.45) is 80.7. The van der Waals surface area contributed by atoms with Gasteiger partial charge in [0.2, 0.25) is 0 Å². The van der Waals surface area contributed by atoms with Crippen LogP contribution in [0.15, 0.2) is 0 Å². The van der Waals surface area contributed by atoms with Gasteiger partial charge in [0.1, 0.15) is 0 Å². The van der Waals surface area contributed by atoms with E-state index in [2.05, 4.69) is 0 Å². The summed E-state index contributed by atoms with van der Waals surface area (Å²) in [4.78, 5) is 21.1. The van der Waals surface area contributed by atoms with Gasteiger partial charge in [-0.05, 0) is 12.8 Å².